The summed E-state index contributed by atoms with van der Waals surface area (Å²) in [6.45, 7) is 0. The van der Waals surface area contributed by atoms with E-state index >= 15 is 0 Å². The minimum atomic E-state index is -0.907. The van der Waals surface area contributed by atoms with E-state index in [1.807, 2.05) is 66.7 Å². The molecule has 1 amide bonds. The molecule has 3 rings (SSSR count). The van der Waals surface area contributed by atoms with Crippen LogP contribution in [0.2, 0.25) is 5.02 Å². The molecule has 11 heteroatoms. The van der Waals surface area contributed by atoms with Gasteiger partial charge in [0.1, 0.15) is 0 Å². The van der Waals surface area contributed by atoms with Crippen molar-refractivity contribution in [2.24, 2.45) is 0 Å². The highest BCUT2D eigenvalue weighted by atomic mass is 35.5. The van der Waals surface area contributed by atoms with Crippen LogP contribution in [0.15, 0.2) is 54.6 Å². The van der Waals surface area contributed by atoms with Gasteiger partial charge in [0.25, 0.3) is 0 Å². The maximum atomic E-state index is 10.9. The van der Waals surface area contributed by atoms with Gasteiger partial charge in [-0.1, -0.05) is 48.0 Å². The van der Waals surface area contributed by atoms with Crippen LogP contribution in [0.1, 0.15) is 34.2 Å². The maximum Gasteiger partial charge on any atom is 0.406 e. The van der Waals surface area contributed by atoms with Crippen molar-refractivity contribution in [1.82, 2.24) is 9.88 Å². The van der Waals surface area contributed by atoms with Gasteiger partial charge in [-0.05, 0) is 41.5 Å². The molecule has 1 aromatic heterocycles. The summed E-state index contributed by atoms with van der Waals surface area (Å²) in [5.41, 5.74) is 3.65. The third-order valence-electron chi connectivity index (χ3n) is 4.86. The quantitative estimate of drug-likeness (QED) is 0.213. The molecule has 0 atom stereocenters. The molecule has 0 spiro atoms. The molecular weight excluding hydrogens is 548 g/mol. The lowest BCUT2D eigenvalue weighted by Gasteiger charge is -2.16. The molecule has 0 aliphatic carbocycles. The predicted molar refractivity (Wildman–Crippen MR) is 156 cm³/mol. The highest BCUT2D eigenvalue weighted by molar-refractivity contribution is 8.16. The number of rotatable bonds is 11. The van der Waals surface area contributed by atoms with E-state index in [1.165, 1.54) is 37.6 Å². The zero-order chi connectivity index (χ0) is 28.1. The number of carbonyl (C=O) groups is 3. The van der Waals surface area contributed by atoms with E-state index in [1.54, 1.807) is 0 Å². The van der Waals surface area contributed by atoms with Crippen LogP contribution in [0.25, 0.3) is 23.1 Å². The van der Waals surface area contributed by atoms with Gasteiger partial charge in [0, 0.05) is 36.0 Å². The monoisotopic (exact) mass is 576 g/mol. The summed E-state index contributed by atoms with van der Waals surface area (Å²) in [5.74, 6) is -0.756. The number of carboxylic acids is 2. The van der Waals surface area contributed by atoms with Gasteiger partial charge in [-0.25, -0.2) is 9.78 Å². The Hall–Kier alpha value is -3.21. The van der Waals surface area contributed by atoms with Crippen molar-refractivity contribution in [3.05, 3.63) is 76.4 Å². The Labute approximate surface area is 234 Å². The fourth-order valence-corrected chi connectivity index (χ4v) is 5.76. The van der Waals surface area contributed by atoms with Crippen molar-refractivity contribution in [3.63, 3.8) is 0 Å². The van der Waals surface area contributed by atoms with Crippen LogP contribution in [0.4, 0.5) is 4.79 Å². The summed E-state index contributed by atoms with van der Waals surface area (Å²) in [5, 5.41) is 27.4. The average molecular weight is 577 g/mol. The van der Waals surface area contributed by atoms with Gasteiger partial charge in [0.15, 0.2) is 0 Å². The number of pyridine rings is 1. The summed E-state index contributed by atoms with van der Waals surface area (Å²) in [7, 11) is 2.95. The third kappa shape index (κ3) is 11.5. The Morgan fingerprint density at radius 2 is 1.53 bits per heavy atom. The standard InChI is InChI=1S/C24H22ClNO4S2.C3H7NO2/c25-19-7-5-17-6-9-20(26-21(17)15-19)8-4-16-2-1-3-18(14-16)24(31-12-10-22(27)28)32-13-11-23(29)30;1-4(2)3(5)6/h1-9,14-15,24H,10-13H2,(H,27,28)(H,29,30);1-2H3,(H,5,6). The van der Waals surface area contributed by atoms with Crippen LogP contribution in [0.3, 0.4) is 0 Å². The Bertz CT molecular complexity index is 1270. The molecule has 0 aliphatic rings. The normalized spacial score (nSPS) is 10.8. The Balaban J connectivity index is 0.000000757. The summed E-state index contributed by atoms with van der Waals surface area (Å²) < 4.78 is -0.0389. The van der Waals surface area contributed by atoms with Crippen molar-refractivity contribution in [2.45, 2.75) is 17.4 Å². The van der Waals surface area contributed by atoms with Gasteiger partial charge >= 0.3 is 18.0 Å². The second-order valence-electron chi connectivity index (χ2n) is 8.11. The van der Waals surface area contributed by atoms with Gasteiger partial charge in [-0.15, -0.1) is 23.5 Å². The first-order valence-corrected chi connectivity index (χ1v) is 13.9. The third-order valence-corrected chi connectivity index (χ3v) is 7.94. The lowest BCUT2D eigenvalue weighted by Crippen LogP contribution is -2.18. The summed E-state index contributed by atoms with van der Waals surface area (Å²) in [6.07, 6.45) is 3.14. The molecule has 0 radical (unpaired) electrons. The van der Waals surface area contributed by atoms with E-state index in [-0.39, 0.29) is 17.4 Å². The fraction of sp³-hybridized carbons (Fsp3) is 0.259. The van der Waals surface area contributed by atoms with Crippen LogP contribution in [0.5, 0.6) is 0 Å². The zero-order valence-corrected chi connectivity index (χ0v) is 23.3. The fourth-order valence-electron chi connectivity index (χ4n) is 2.94. The molecule has 0 saturated heterocycles. The number of amides is 1. The van der Waals surface area contributed by atoms with Crippen LogP contribution >= 0.6 is 35.1 Å². The van der Waals surface area contributed by atoms with Crippen LogP contribution in [-0.2, 0) is 9.59 Å². The molecular formula is C27H29ClN2O6S2. The first-order valence-electron chi connectivity index (χ1n) is 11.5. The SMILES string of the molecule is CN(C)C(=O)O.O=C(O)CCSC(SCCC(=O)O)c1cccc(C=Cc2ccc3ccc(Cl)cc3n2)c1. The average Bonchev–Trinajstić information content (AvgIpc) is 2.86. The molecule has 0 saturated carbocycles. The minimum absolute atomic E-state index is 0.0389. The van der Waals surface area contributed by atoms with E-state index in [0.29, 0.717) is 16.5 Å². The number of hydrogen-bond acceptors (Lipinski definition) is 6. The summed E-state index contributed by atoms with van der Waals surface area (Å²) in [6, 6.07) is 17.5. The second-order valence-corrected chi connectivity index (χ2v) is 11.3. The number of benzene rings is 2. The topological polar surface area (TPSA) is 128 Å². The molecule has 0 aliphatic heterocycles. The Morgan fingerprint density at radius 3 is 2.11 bits per heavy atom. The van der Waals surface area contributed by atoms with Crippen molar-refractivity contribution >= 4 is 76.2 Å². The van der Waals surface area contributed by atoms with Crippen LogP contribution < -0.4 is 0 Å². The smallest absolute Gasteiger partial charge is 0.406 e. The molecule has 0 bridgehead atoms. The van der Waals surface area contributed by atoms with Gasteiger partial charge in [0.05, 0.1) is 28.6 Å². The van der Waals surface area contributed by atoms with Crippen LogP contribution in [-0.4, -0.2) is 68.8 Å². The molecule has 0 unspecified atom stereocenters. The van der Waals surface area contributed by atoms with Crippen molar-refractivity contribution in [2.75, 3.05) is 25.6 Å². The second kappa shape index (κ2) is 15.9. The van der Waals surface area contributed by atoms with Gasteiger partial charge in [-0.2, -0.15) is 0 Å². The number of fused-ring (bicyclic) bond motifs is 1. The van der Waals surface area contributed by atoms with Crippen LogP contribution in [0, 0.1) is 0 Å². The van der Waals surface area contributed by atoms with Gasteiger partial charge in [0.2, 0.25) is 0 Å². The van der Waals surface area contributed by atoms with Crippen molar-refractivity contribution in [1.29, 1.82) is 0 Å². The zero-order valence-electron chi connectivity index (χ0n) is 20.9. The maximum absolute atomic E-state index is 10.9. The van der Waals surface area contributed by atoms with Gasteiger partial charge < -0.3 is 20.2 Å². The number of halogens is 1. The highest BCUT2D eigenvalue weighted by Crippen LogP contribution is 2.40. The number of aromatic nitrogens is 1. The molecule has 0 fully saturated rings. The Kier molecular flexibility index (Phi) is 13.0. The number of aliphatic carboxylic acids is 2. The van der Waals surface area contributed by atoms with E-state index in [4.69, 9.17) is 26.9 Å². The molecule has 38 heavy (non-hydrogen) atoms. The first-order chi connectivity index (χ1) is 18.0. The number of hydrogen-bond donors (Lipinski definition) is 3. The number of carboxylic acid groups (broad SMARTS) is 3. The summed E-state index contributed by atoms with van der Waals surface area (Å²) in [4.78, 5) is 37.1. The first kappa shape index (κ1) is 31.0. The molecule has 202 valence electrons. The van der Waals surface area contributed by atoms with E-state index in [0.717, 1.165) is 32.6 Å². The number of nitrogens with zero attached hydrogens (tertiary/aromatic N) is 2. The largest absolute Gasteiger partial charge is 0.481 e. The molecule has 3 aromatic rings. The van der Waals surface area contributed by atoms with E-state index in [2.05, 4.69) is 4.98 Å². The Morgan fingerprint density at radius 1 is 0.921 bits per heavy atom. The molecule has 8 nitrogen and oxygen atoms in total. The lowest BCUT2D eigenvalue weighted by atomic mass is 10.1. The minimum Gasteiger partial charge on any atom is -0.481 e. The van der Waals surface area contributed by atoms with E-state index in [9.17, 15) is 14.4 Å². The highest BCUT2D eigenvalue weighted by Gasteiger charge is 2.14. The molecule has 2 aromatic carbocycles. The lowest BCUT2D eigenvalue weighted by molar-refractivity contribution is -0.137. The van der Waals surface area contributed by atoms with Crippen molar-refractivity contribution in [3.8, 4) is 0 Å². The molecule has 3 N–H and O–H groups in total. The van der Waals surface area contributed by atoms with Gasteiger partial charge in [-0.3, -0.25) is 9.59 Å². The molecule has 1 heterocycles. The van der Waals surface area contributed by atoms with E-state index < -0.39 is 18.0 Å². The predicted octanol–water partition coefficient (Wildman–Crippen LogP) is 6.70. The van der Waals surface area contributed by atoms with Crippen molar-refractivity contribution < 1.29 is 29.7 Å². The summed E-state index contributed by atoms with van der Waals surface area (Å²) >= 11 is 9.11. The number of thioether (sulfide) groups is 2.